The van der Waals surface area contributed by atoms with Gasteiger partial charge >= 0.3 is 0 Å². The molecule has 0 saturated heterocycles. The second-order valence-electron chi connectivity index (χ2n) is 6.01. The molecule has 1 saturated carbocycles. The molecule has 1 N–H and O–H groups in total. The zero-order valence-corrected chi connectivity index (χ0v) is 12.7. The van der Waals surface area contributed by atoms with Crippen molar-refractivity contribution in [3.05, 3.63) is 27.7 Å². The molecule has 1 atom stereocenters. The second-order valence-corrected chi connectivity index (χ2v) is 6.85. The first kappa shape index (κ1) is 13.6. The van der Waals surface area contributed by atoms with Crippen molar-refractivity contribution in [1.82, 2.24) is 0 Å². The minimum absolute atomic E-state index is 0.591. The van der Waals surface area contributed by atoms with Crippen LogP contribution in [0.25, 0.3) is 0 Å². The number of nitrogens with one attached hydrogen (secondary N) is 1. The van der Waals surface area contributed by atoms with Gasteiger partial charge in [-0.1, -0.05) is 55.3 Å². The molecule has 0 bridgehead atoms. The van der Waals surface area contributed by atoms with E-state index in [4.69, 9.17) is 23.2 Å². The first-order valence-corrected chi connectivity index (χ1v) is 8.22. The molecule has 0 radical (unpaired) electrons. The molecule has 1 heterocycles. The van der Waals surface area contributed by atoms with Crippen molar-refractivity contribution in [3.8, 4) is 0 Å². The van der Waals surface area contributed by atoms with Crippen molar-refractivity contribution < 1.29 is 0 Å². The normalized spacial score (nSPS) is 23.2. The van der Waals surface area contributed by atoms with Gasteiger partial charge in [-0.05, 0) is 36.5 Å². The first-order chi connectivity index (χ1) is 9.24. The van der Waals surface area contributed by atoms with Crippen LogP contribution < -0.4 is 5.32 Å². The predicted octanol–water partition coefficient (Wildman–Crippen LogP) is 5.86. The smallest absolute Gasteiger partial charge is 0.0655 e. The average molecular weight is 298 g/mol. The predicted molar refractivity (Wildman–Crippen MR) is 83.5 cm³/mol. The Morgan fingerprint density at radius 3 is 2.63 bits per heavy atom. The van der Waals surface area contributed by atoms with Gasteiger partial charge in [0.25, 0.3) is 0 Å². The highest BCUT2D eigenvalue weighted by Gasteiger charge is 2.25. The van der Waals surface area contributed by atoms with Crippen molar-refractivity contribution in [2.24, 2.45) is 5.92 Å². The molecule has 1 aliphatic carbocycles. The van der Waals surface area contributed by atoms with Crippen molar-refractivity contribution in [1.29, 1.82) is 0 Å². The van der Waals surface area contributed by atoms with Crippen molar-refractivity contribution in [3.63, 3.8) is 0 Å². The third-order valence-electron chi connectivity index (χ3n) is 4.70. The number of hydrogen-bond donors (Lipinski definition) is 1. The number of rotatable bonds is 3. The fourth-order valence-electron chi connectivity index (χ4n) is 3.61. The Labute approximate surface area is 125 Å². The van der Waals surface area contributed by atoms with Crippen LogP contribution in [-0.2, 0) is 0 Å². The van der Waals surface area contributed by atoms with Gasteiger partial charge in [-0.3, -0.25) is 0 Å². The van der Waals surface area contributed by atoms with Crippen molar-refractivity contribution >= 4 is 28.9 Å². The Morgan fingerprint density at radius 1 is 1.05 bits per heavy atom. The summed E-state index contributed by atoms with van der Waals surface area (Å²) in [4.78, 5) is 0. The SMILES string of the molecule is Clc1cc(Cl)c2c(c1)C(CCC1CCCCC1)CN2. The van der Waals surface area contributed by atoms with E-state index in [2.05, 4.69) is 11.4 Å². The number of hydrogen-bond acceptors (Lipinski definition) is 1. The molecule has 104 valence electrons. The Hall–Kier alpha value is -0.400. The van der Waals surface area contributed by atoms with Crippen LogP contribution in [0.5, 0.6) is 0 Å². The summed E-state index contributed by atoms with van der Waals surface area (Å²) in [6, 6.07) is 3.92. The van der Waals surface area contributed by atoms with E-state index in [0.717, 1.165) is 28.2 Å². The number of benzene rings is 1. The standard InChI is InChI=1S/C16H21Cl2N/c17-13-8-14-12(10-19-16(14)15(18)9-13)7-6-11-4-2-1-3-5-11/h8-9,11-12,19H,1-7,10H2. The minimum Gasteiger partial charge on any atom is -0.383 e. The molecule has 3 rings (SSSR count). The summed E-state index contributed by atoms with van der Waals surface area (Å²) in [6.45, 7) is 1.02. The Balaban J connectivity index is 1.65. The van der Waals surface area contributed by atoms with E-state index in [1.54, 1.807) is 0 Å². The van der Waals surface area contributed by atoms with Gasteiger partial charge in [0.2, 0.25) is 0 Å². The molecular formula is C16H21Cl2N. The molecule has 1 aliphatic heterocycles. The maximum Gasteiger partial charge on any atom is 0.0655 e. The van der Waals surface area contributed by atoms with Crippen LogP contribution in [0, 0.1) is 5.92 Å². The molecule has 3 heteroatoms. The Kier molecular flexibility index (Phi) is 4.24. The maximum atomic E-state index is 6.24. The fraction of sp³-hybridized carbons (Fsp3) is 0.625. The summed E-state index contributed by atoms with van der Waals surface area (Å²) in [5, 5.41) is 4.97. The molecular weight excluding hydrogens is 277 g/mol. The molecule has 1 nitrogen and oxygen atoms in total. The lowest BCUT2D eigenvalue weighted by Crippen LogP contribution is -2.09. The van der Waals surface area contributed by atoms with E-state index < -0.39 is 0 Å². The lowest BCUT2D eigenvalue weighted by molar-refractivity contribution is 0.325. The van der Waals surface area contributed by atoms with E-state index in [0.29, 0.717) is 5.92 Å². The van der Waals surface area contributed by atoms with Crippen LogP contribution in [0.3, 0.4) is 0 Å². The molecule has 1 aromatic carbocycles. The van der Waals surface area contributed by atoms with Gasteiger partial charge in [0.15, 0.2) is 0 Å². The Morgan fingerprint density at radius 2 is 1.84 bits per heavy atom. The summed E-state index contributed by atoms with van der Waals surface area (Å²) in [5.41, 5.74) is 2.44. The van der Waals surface area contributed by atoms with Gasteiger partial charge in [-0.25, -0.2) is 0 Å². The first-order valence-electron chi connectivity index (χ1n) is 7.47. The van der Waals surface area contributed by atoms with Crippen LogP contribution in [-0.4, -0.2) is 6.54 Å². The lowest BCUT2D eigenvalue weighted by Gasteiger charge is -2.22. The van der Waals surface area contributed by atoms with Crippen molar-refractivity contribution in [2.45, 2.75) is 50.9 Å². The van der Waals surface area contributed by atoms with Crippen LogP contribution in [0.1, 0.15) is 56.4 Å². The molecule has 0 aromatic heterocycles. The van der Waals surface area contributed by atoms with E-state index >= 15 is 0 Å². The maximum absolute atomic E-state index is 6.24. The zero-order chi connectivity index (χ0) is 13.2. The van der Waals surface area contributed by atoms with Gasteiger partial charge in [0.05, 0.1) is 10.7 Å². The monoisotopic (exact) mass is 297 g/mol. The molecule has 2 aliphatic rings. The largest absolute Gasteiger partial charge is 0.383 e. The second kappa shape index (κ2) is 5.93. The summed E-state index contributed by atoms with van der Waals surface area (Å²) < 4.78 is 0. The molecule has 0 spiro atoms. The number of fused-ring (bicyclic) bond motifs is 1. The molecule has 1 fully saturated rings. The van der Waals surface area contributed by atoms with Gasteiger partial charge in [0, 0.05) is 17.5 Å². The van der Waals surface area contributed by atoms with Gasteiger partial charge in [-0.15, -0.1) is 0 Å². The van der Waals surface area contributed by atoms with E-state index in [9.17, 15) is 0 Å². The van der Waals surface area contributed by atoms with Crippen LogP contribution in [0.15, 0.2) is 12.1 Å². The Bertz CT molecular complexity index is 452. The van der Waals surface area contributed by atoms with Gasteiger partial charge in [-0.2, -0.15) is 0 Å². The summed E-state index contributed by atoms with van der Waals surface area (Å²) >= 11 is 12.4. The third-order valence-corrected chi connectivity index (χ3v) is 5.22. The third kappa shape index (κ3) is 3.03. The summed E-state index contributed by atoms with van der Waals surface area (Å²) in [5.74, 6) is 1.54. The average Bonchev–Trinajstić information content (AvgIpc) is 2.81. The van der Waals surface area contributed by atoms with E-state index in [1.807, 2.05) is 6.07 Å². The highest BCUT2D eigenvalue weighted by molar-refractivity contribution is 6.36. The fourth-order valence-corrected chi connectivity index (χ4v) is 4.18. The highest BCUT2D eigenvalue weighted by atomic mass is 35.5. The van der Waals surface area contributed by atoms with Gasteiger partial charge in [0.1, 0.15) is 0 Å². The van der Waals surface area contributed by atoms with Crippen LogP contribution >= 0.6 is 23.2 Å². The zero-order valence-electron chi connectivity index (χ0n) is 11.2. The van der Waals surface area contributed by atoms with E-state index in [-0.39, 0.29) is 0 Å². The quantitative estimate of drug-likeness (QED) is 0.736. The highest BCUT2D eigenvalue weighted by Crippen LogP contribution is 2.42. The lowest BCUT2D eigenvalue weighted by atomic mass is 9.83. The van der Waals surface area contributed by atoms with Crippen LogP contribution in [0.4, 0.5) is 5.69 Å². The van der Waals surface area contributed by atoms with Crippen molar-refractivity contribution in [2.75, 3.05) is 11.9 Å². The number of halogens is 2. The molecule has 19 heavy (non-hydrogen) atoms. The topological polar surface area (TPSA) is 12.0 Å². The number of anilines is 1. The summed E-state index contributed by atoms with van der Waals surface area (Å²) in [7, 11) is 0. The van der Waals surface area contributed by atoms with Crippen LogP contribution in [0.2, 0.25) is 10.0 Å². The molecule has 1 aromatic rings. The molecule has 1 unspecified atom stereocenters. The van der Waals surface area contributed by atoms with E-state index in [1.165, 1.54) is 50.5 Å². The summed E-state index contributed by atoms with van der Waals surface area (Å²) in [6.07, 6.45) is 9.79. The minimum atomic E-state index is 0.591. The molecule has 0 amide bonds. The van der Waals surface area contributed by atoms with Gasteiger partial charge < -0.3 is 5.32 Å².